The first kappa shape index (κ1) is 30.6. The minimum absolute atomic E-state index is 0.0605. The van der Waals surface area contributed by atoms with E-state index in [2.05, 4.69) is 36.4 Å². The van der Waals surface area contributed by atoms with Crippen LogP contribution in [-0.4, -0.2) is 64.9 Å². The fraction of sp³-hybridized carbons (Fsp3) is 0.314. The van der Waals surface area contributed by atoms with Crippen LogP contribution in [0.5, 0.6) is 0 Å². The Kier molecular flexibility index (Phi) is 11.8. The molecule has 1 heterocycles. The molecular weight excluding hydrogens is 595 g/mol. The van der Waals surface area contributed by atoms with Gasteiger partial charge in [-0.25, -0.2) is 0 Å². The zero-order chi connectivity index (χ0) is 29.0. The molecule has 0 bridgehead atoms. The molecule has 4 aromatic rings. The Labute approximate surface area is 255 Å². The predicted octanol–water partition coefficient (Wildman–Crippen LogP) is 5.12. The number of hydrogen-bond donors (Lipinski definition) is 0. The molecule has 1 saturated heterocycles. The van der Waals surface area contributed by atoms with Crippen LogP contribution in [0.3, 0.4) is 0 Å². The molecule has 4 aromatic carbocycles. The third-order valence-electron chi connectivity index (χ3n) is 7.12. The normalized spacial score (nSPS) is 23.0. The van der Waals surface area contributed by atoms with Gasteiger partial charge >= 0.3 is 256 Å². The number of methoxy groups -OCH3 is 2. The van der Waals surface area contributed by atoms with Gasteiger partial charge in [0.1, 0.15) is 0 Å². The summed E-state index contributed by atoms with van der Waals surface area (Å²) in [5.41, 5.74) is 3.19. The van der Waals surface area contributed by atoms with E-state index in [1.165, 1.54) is 4.46 Å². The third-order valence-corrected chi connectivity index (χ3v) is 9.71. The topological polar surface area (TPSA) is 55.4 Å². The second-order valence-electron chi connectivity index (χ2n) is 10.0. The van der Waals surface area contributed by atoms with Crippen molar-refractivity contribution in [2.24, 2.45) is 0 Å². The van der Waals surface area contributed by atoms with Crippen LogP contribution >= 0.6 is 0 Å². The molecule has 7 heteroatoms. The summed E-state index contributed by atoms with van der Waals surface area (Å²) >= 11 is -0.0605. The summed E-state index contributed by atoms with van der Waals surface area (Å²) in [4.78, 5) is 0. The van der Waals surface area contributed by atoms with Crippen molar-refractivity contribution >= 4 is 19.4 Å². The maximum absolute atomic E-state index is 6.72. The SMILES string of the molecule is CO[C@H]1O[C@H]([C@H](OC)[Se]c2ccccc2)[C@@H](OCc2ccccc2)[C@H](OCc2ccccc2)[C@H]1OCc1ccccc1. The molecule has 0 unspecified atom stereocenters. The Morgan fingerprint density at radius 2 is 1.00 bits per heavy atom. The van der Waals surface area contributed by atoms with Gasteiger partial charge in [-0.05, 0) is 0 Å². The van der Waals surface area contributed by atoms with E-state index in [4.69, 9.17) is 28.4 Å². The number of rotatable bonds is 14. The van der Waals surface area contributed by atoms with Gasteiger partial charge in [0, 0.05) is 0 Å². The van der Waals surface area contributed by atoms with Crippen LogP contribution < -0.4 is 4.46 Å². The molecule has 0 saturated carbocycles. The summed E-state index contributed by atoms with van der Waals surface area (Å²) in [5, 5.41) is -0.253. The number of ether oxygens (including phenoxy) is 6. The summed E-state index contributed by atoms with van der Waals surface area (Å²) in [6, 6.07) is 40.7. The molecule has 5 rings (SSSR count). The van der Waals surface area contributed by atoms with Gasteiger partial charge in [-0.1, -0.05) is 0 Å². The Morgan fingerprint density at radius 1 is 0.571 bits per heavy atom. The van der Waals surface area contributed by atoms with Gasteiger partial charge in [-0.2, -0.15) is 0 Å². The fourth-order valence-corrected chi connectivity index (χ4v) is 7.15. The molecule has 1 aliphatic rings. The summed E-state index contributed by atoms with van der Waals surface area (Å²) in [6.07, 6.45) is -2.67. The maximum atomic E-state index is 6.72. The molecule has 0 amide bonds. The van der Waals surface area contributed by atoms with Crippen molar-refractivity contribution in [3.05, 3.63) is 138 Å². The number of benzene rings is 4. The zero-order valence-electron chi connectivity index (χ0n) is 24.0. The second kappa shape index (κ2) is 16.1. The van der Waals surface area contributed by atoms with Crippen LogP contribution in [0, 0.1) is 0 Å². The Morgan fingerprint density at radius 3 is 1.45 bits per heavy atom. The molecule has 0 N–H and O–H groups in total. The van der Waals surface area contributed by atoms with Gasteiger partial charge < -0.3 is 0 Å². The van der Waals surface area contributed by atoms with E-state index < -0.39 is 30.7 Å². The van der Waals surface area contributed by atoms with Crippen LogP contribution in [0.2, 0.25) is 0 Å². The molecule has 220 valence electrons. The van der Waals surface area contributed by atoms with Crippen molar-refractivity contribution in [1.29, 1.82) is 0 Å². The molecule has 1 fully saturated rings. The molecule has 1 aliphatic heterocycles. The van der Waals surface area contributed by atoms with Crippen molar-refractivity contribution in [3.8, 4) is 0 Å². The predicted molar refractivity (Wildman–Crippen MR) is 163 cm³/mol. The third kappa shape index (κ3) is 8.38. The van der Waals surface area contributed by atoms with E-state index >= 15 is 0 Å². The molecular formula is C35H38O6Se. The second-order valence-corrected chi connectivity index (χ2v) is 12.5. The Hall–Kier alpha value is -2.84. The summed E-state index contributed by atoms with van der Waals surface area (Å²) in [7, 11) is 3.37. The average Bonchev–Trinajstić information content (AvgIpc) is 3.06. The van der Waals surface area contributed by atoms with Gasteiger partial charge in [0.2, 0.25) is 0 Å². The fourth-order valence-electron chi connectivity index (χ4n) is 4.98. The Bertz CT molecular complexity index is 1250. The molecule has 6 atom stereocenters. The average molecular weight is 634 g/mol. The molecule has 0 spiro atoms. The monoisotopic (exact) mass is 634 g/mol. The Balaban J connectivity index is 1.47. The van der Waals surface area contributed by atoms with E-state index in [-0.39, 0.29) is 20.0 Å². The van der Waals surface area contributed by atoms with E-state index in [9.17, 15) is 0 Å². The van der Waals surface area contributed by atoms with E-state index in [0.29, 0.717) is 19.8 Å². The van der Waals surface area contributed by atoms with E-state index in [1.807, 2.05) is 84.9 Å². The van der Waals surface area contributed by atoms with Gasteiger partial charge in [0.15, 0.2) is 0 Å². The van der Waals surface area contributed by atoms with Gasteiger partial charge in [0.05, 0.1) is 0 Å². The molecule has 0 aromatic heterocycles. The minimum atomic E-state index is -0.680. The quantitative estimate of drug-likeness (QED) is 0.180. The standard InChI is InChI=1S/C35H38O6Se/c1-36-34-32(40-25-28-19-11-5-12-20-28)30(38-23-26-15-7-3-8-16-26)31(39-24-27-17-9-4-10-18-27)33(41-34)35(37-2)42-29-21-13-6-14-22-29/h3-22,30-35H,23-25H2,1-2H3/t30-,31-,32+,33-,34-,35+/m0/s1. The van der Waals surface area contributed by atoms with Crippen molar-refractivity contribution in [2.45, 2.75) is 55.5 Å². The van der Waals surface area contributed by atoms with Gasteiger partial charge in [-0.3, -0.25) is 0 Å². The molecule has 42 heavy (non-hydrogen) atoms. The first-order chi connectivity index (χ1) is 20.7. The number of hydrogen-bond acceptors (Lipinski definition) is 6. The van der Waals surface area contributed by atoms with Crippen molar-refractivity contribution < 1.29 is 28.4 Å². The molecule has 0 aliphatic carbocycles. The van der Waals surface area contributed by atoms with Crippen molar-refractivity contribution in [1.82, 2.24) is 0 Å². The van der Waals surface area contributed by atoms with Crippen LogP contribution in [0.15, 0.2) is 121 Å². The van der Waals surface area contributed by atoms with E-state index in [1.54, 1.807) is 14.2 Å². The first-order valence-corrected chi connectivity index (χ1v) is 16.0. The van der Waals surface area contributed by atoms with E-state index in [0.717, 1.165) is 16.7 Å². The van der Waals surface area contributed by atoms with Crippen LogP contribution in [-0.2, 0) is 48.2 Å². The van der Waals surface area contributed by atoms with Crippen molar-refractivity contribution in [3.63, 3.8) is 0 Å². The van der Waals surface area contributed by atoms with Crippen LogP contribution in [0.1, 0.15) is 16.7 Å². The summed E-state index contributed by atoms with van der Waals surface area (Å²) in [5.74, 6) is 0. The van der Waals surface area contributed by atoms with Gasteiger partial charge in [0.25, 0.3) is 0 Å². The van der Waals surface area contributed by atoms with Crippen LogP contribution in [0.4, 0.5) is 0 Å². The first-order valence-electron chi connectivity index (χ1n) is 14.1. The summed E-state index contributed by atoms with van der Waals surface area (Å²) < 4.78 is 39.9. The molecule has 6 nitrogen and oxygen atoms in total. The van der Waals surface area contributed by atoms with Gasteiger partial charge in [-0.15, -0.1) is 0 Å². The van der Waals surface area contributed by atoms with Crippen LogP contribution in [0.25, 0.3) is 0 Å². The zero-order valence-corrected chi connectivity index (χ0v) is 25.7. The molecule has 0 radical (unpaired) electrons. The van der Waals surface area contributed by atoms with Crippen molar-refractivity contribution in [2.75, 3.05) is 14.2 Å². The summed E-state index contributed by atoms with van der Waals surface area (Å²) in [6.45, 7) is 1.18.